The summed E-state index contributed by atoms with van der Waals surface area (Å²) in [6.45, 7) is 1.36. The van der Waals surface area contributed by atoms with Gasteiger partial charge in [-0.3, -0.25) is 0 Å². The maximum Gasteiger partial charge on any atom is 0.252 e. The van der Waals surface area contributed by atoms with Gasteiger partial charge in [0.05, 0.1) is 6.61 Å². The molecule has 19 heavy (non-hydrogen) atoms. The maximum atomic E-state index is 12.3. The van der Waals surface area contributed by atoms with Gasteiger partial charge in [0.15, 0.2) is 0 Å². The first kappa shape index (κ1) is 14.2. The minimum atomic E-state index is -3.47. The Morgan fingerprint density at radius 3 is 2.84 bits per heavy atom. The molecule has 1 aromatic heterocycles. The third-order valence-electron chi connectivity index (χ3n) is 2.88. The standard InChI is InChI=1S/C12H14N2O3S2/c1-17-9-10-4-6-14(7-5-10)19(15,16)12-3-2-11(8-13)18-12/h2-4H,5-7,9H2,1H3. The van der Waals surface area contributed by atoms with E-state index in [-0.39, 0.29) is 4.21 Å². The second-order valence-corrected chi connectivity index (χ2v) is 7.39. The van der Waals surface area contributed by atoms with E-state index in [2.05, 4.69) is 0 Å². The number of nitrogens with zero attached hydrogens (tertiary/aromatic N) is 2. The molecule has 1 aliphatic heterocycles. The van der Waals surface area contributed by atoms with Gasteiger partial charge in [-0.05, 0) is 24.1 Å². The van der Waals surface area contributed by atoms with Crippen molar-refractivity contribution in [1.82, 2.24) is 4.31 Å². The van der Waals surface area contributed by atoms with Crippen molar-refractivity contribution >= 4 is 21.4 Å². The molecular formula is C12H14N2O3S2. The van der Waals surface area contributed by atoms with Crippen LogP contribution in [0.15, 0.2) is 28.0 Å². The summed E-state index contributed by atoms with van der Waals surface area (Å²) in [5, 5.41) is 8.75. The highest BCUT2D eigenvalue weighted by Gasteiger charge is 2.27. The molecule has 0 radical (unpaired) electrons. The SMILES string of the molecule is COCC1=CCN(S(=O)(=O)c2ccc(C#N)s2)CC1. The van der Waals surface area contributed by atoms with Gasteiger partial charge in [-0.2, -0.15) is 9.57 Å². The van der Waals surface area contributed by atoms with Gasteiger partial charge in [0.25, 0.3) is 10.0 Å². The molecule has 0 aromatic carbocycles. The van der Waals surface area contributed by atoms with Crippen molar-refractivity contribution in [2.45, 2.75) is 10.6 Å². The fourth-order valence-electron chi connectivity index (χ4n) is 1.87. The van der Waals surface area contributed by atoms with Gasteiger partial charge in [-0.15, -0.1) is 11.3 Å². The Bertz CT molecular complexity index is 626. The van der Waals surface area contributed by atoms with Crippen molar-refractivity contribution in [3.8, 4) is 6.07 Å². The minimum absolute atomic E-state index is 0.229. The molecule has 1 aliphatic rings. The van der Waals surface area contributed by atoms with Gasteiger partial charge in [0, 0.05) is 20.2 Å². The zero-order chi connectivity index (χ0) is 13.9. The smallest absolute Gasteiger partial charge is 0.252 e. The molecular weight excluding hydrogens is 284 g/mol. The minimum Gasteiger partial charge on any atom is -0.380 e. The van der Waals surface area contributed by atoms with Crippen molar-refractivity contribution in [3.05, 3.63) is 28.7 Å². The Kier molecular flexibility index (Phi) is 4.37. The van der Waals surface area contributed by atoms with E-state index in [0.29, 0.717) is 31.0 Å². The van der Waals surface area contributed by atoms with Crippen LogP contribution < -0.4 is 0 Å². The summed E-state index contributed by atoms with van der Waals surface area (Å²) >= 11 is 1.01. The summed E-state index contributed by atoms with van der Waals surface area (Å²) in [5.74, 6) is 0. The second-order valence-electron chi connectivity index (χ2n) is 4.14. The lowest BCUT2D eigenvalue weighted by molar-refractivity contribution is 0.219. The van der Waals surface area contributed by atoms with Crippen molar-refractivity contribution in [3.63, 3.8) is 0 Å². The van der Waals surface area contributed by atoms with Gasteiger partial charge < -0.3 is 4.74 Å². The summed E-state index contributed by atoms with van der Waals surface area (Å²) in [6.07, 6.45) is 2.58. The topological polar surface area (TPSA) is 70.4 Å². The number of hydrogen-bond acceptors (Lipinski definition) is 5. The molecule has 0 bridgehead atoms. The van der Waals surface area contributed by atoms with E-state index in [9.17, 15) is 8.42 Å². The quantitative estimate of drug-likeness (QED) is 0.791. The summed E-state index contributed by atoms with van der Waals surface area (Å²) in [5.41, 5.74) is 1.12. The van der Waals surface area contributed by atoms with Crippen LogP contribution in [0.1, 0.15) is 11.3 Å². The first-order valence-corrected chi connectivity index (χ1v) is 8.00. The van der Waals surface area contributed by atoms with Crippen LogP contribution in [0, 0.1) is 11.3 Å². The van der Waals surface area contributed by atoms with Gasteiger partial charge >= 0.3 is 0 Å². The molecule has 0 saturated carbocycles. The number of nitriles is 1. The molecule has 102 valence electrons. The average molecular weight is 298 g/mol. The van der Waals surface area contributed by atoms with Crippen molar-refractivity contribution < 1.29 is 13.2 Å². The highest BCUT2D eigenvalue weighted by molar-refractivity contribution is 7.91. The zero-order valence-electron chi connectivity index (χ0n) is 10.5. The Morgan fingerprint density at radius 1 is 1.53 bits per heavy atom. The zero-order valence-corrected chi connectivity index (χ0v) is 12.1. The summed E-state index contributed by atoms with van der Waals surface area (Å²) in [6, 6.07) is 4.98. The van der Waals surface area contributed by atoms with E-state index in [0.717, 1.165) is 16.9 Å². The Labute approximate surface area is 116 Å². The fourth-order valence-corrected chi connectivity index (χ4v) is 4.51. The highest BCUT2D eigenvalue weighted by atomic mass is 32.2. The van der Waals surface area contributed by atoms with E-state index in [1.165, 1.54) is 16.4 Å². The predicted octanol–water partition coefficient (Wildman–Crippen LogP) is 1.59. The van der Waals surface area contributed by atoms with Crippen LogP contribution in [0.3, 0.4) is 0 Å². The summed E-state index contributed by atoms with van der Waals surface area (Å²) in [4.78, 5) is 0.409. The molecule has 0 amide bonds. The molecule has 0 saturated heterocycles. The number of thiophene rings is 1. The van der Waals surface area contributed by atoms with Crippen LogP contribution in [0.2, 0.25) is 0 Å². The number of hydrogen-bond donors (Lipinski definition) is 0. The molecule has 5 nitrogen and oxygen atoms in total. The Balaban J connectivity index is 2.16. The molecule has 0 N–H and O–H groups in total. The number of rotatable bonds is 4. The molecule has 0 aliphatic carbocycles. The summed E-state index contributed by atoms with van der Waals surface area (Å²) < 4.78 is 31.4. The fraction of sp³-hybridized carbons (Fsp3) is 0.417. The van der Waals surface area contributed by atoms with Crippen LogP contribution >= 0.6 is 11.3 Å². The third kappa shape index (κ3) is 3.04. The number of sulfonamides is 1. The molecule has 2 rings (SSSR count). The first-order valence-electron chi connectivity index (χ1n) is 5.75. The average Bonchev–Trinajstić information content (AvgIpc) is 2.89. The molecule has 0 unspecified atom stereocenters. The largest absolute Gasteiger partial charge is 0.380 e. The lowest BCUT2D eigenvalue weighted by atomic mass is 10.1. The lowest BCUT2D eigenvalue weighted by Crippen LogP contribution is -2.34. The van der Waals surface area contributed by atoms with Crippen molar-refractivity contribution in [1.29, 1.82) is 5.26 Å². The normalized spacial score (nSPS) is 16.9. The van der Waals surface area contributed by atoms with Gasteiger partial charge in [0.1, 0.15) is 15.2 Å². The van der Waals surface area contributed by atoms with E-state index in [4.69, 9.17) is 10.00 Å². The molecule has 2 heterocycles. The molecule has 0 atom stereocenters. The number of methoxy groups -OCH3 is 1. The van der Waals surface area contributed by atoms with E-state index < -0.39 is 10.0 Å². The van der Waals surface area contributed by atoms with Crippen LogP contribution in [-0.4, -0.2) is 39.5 Å². The van der Waals surface area contributed by atoms with E-state index >= 15 is 0 Å². The van der Waals surface area contributed by atoms with Crippen molar-refractivity contribution in [2.24, 2.45) is 0 Å². The maximum absolute atomic E-state index is 12.3. The third-order valence-corrected chi connectivity index (χ3v) is 6.20. The highest BCUT2D eigenvalue weighted by Crippen LogP contribution is 2.26. The van der Waals surface area contributed by atoms with Crippen LogP contribution in [-0.2, 0) is 14.8 Å². The molecule has 7 heteroatoms. The number of ether oxygens (including phenoxy) is 1. The van der Waals surface area contributed by atoms with Gasteiger partial charge in [-0.25, -0.2) is 8.42 Å². The van der Waals surface area contributed by atoms with Gasteiger partial charge in [-0.1, -0.05) is 6.08 Å². The lowest BCUT2D eigenvalue weighted by Gasteiger charge is -2.24. The Morgan fingerprint density at radius 2 is 2.32 bits per heavy atom. The first-order chi connectivity index (χ1) is 9.07. The molecule has 0 spiro atoms. The monoisotopic (exact) mass is 298 g/mol. The second kappa shape index (κ2) is 5.84. The van der Waals surface area contributed by atoms with E-state index in [1.54, 1.807) is 7.11 Å². The van der Waals surface area contributed by atoms with Crippen LogP contribution in [0.4, 0.5) is 0 Å². The van der Waals surface area contributed by atoms with Crippen LogP contribution in [0.25, 0.3) is 0 Å². The van der Waals surface area contributed by atoms with Crippen molar-refractivity contribution in [2.75, 3.05) is 26.8 Å². The summed E-state index contributed by atoms with van der Waals surface area (Å²) in [7, 11) is -1.85. The van der Waals surface area contributed by atoms with Crippen LogP contribution in [0.5, 0.6) is 0 Å². The van der Waals surface area contributed by atoms with Gasteiger partial charge in [0.2, 0.25) is 0 Å². The Hall–Kier alpha value is -1.20. The van der Waals surface area contributed by atoms with E-state index in [1.807, 2.05) is 12.1 Å². The molecule has 1 aromatic rings. The molecule has 0 fully saturated rings. The predicted molar refractivity (Wildman–Crippen MR) is 72.4 cm³/mol.